The van der Waals surface area contributed by atoms with Crippen LogP contribution in [0.4, 0.5) is 5.69 Å². The Bertz CT molecular complexity index is 679. The fraction of sp³-hybridized carbons (Fsp3) is 0.125. The van der Waals surface area contributed by atoms with E-state index in [9.17, 15) is 9.59 Å². The second-order valence-electron chi connectivity index (χ2n) is 4.49. The highest BCUT2D eigenvalue weighted by molar-refractivity contribution is 5.99. The molecule has 0 atom stereocenters. The number of nitrogens with one attached hydrogen (secondary N) is 1. The van der Waals surface area contributed by atoms with Crippen LogP contribution in [0, 0.1) is 6.92 Å². The standard InChI is InChI=1S/C16H15N3O3/c1-3-15(20)19-14-6-4-13(5-7-14)16(21)22-10-12-8-17-11(2)18-9-12/h3-9H,1,10H2,2H3,(H,19,20). The highest BCUT2D eigenvalue weighted by Crippen LogP contribution is 2.11. The molecule has 0 aliphatic rings. The van der Waals surface area contributed by atoms with E-state index in [0.717, 1.165) is 0 Å². The second kappa shape index (κ2) is 7.12. The maximum absolute atomic E-state index is 11.9. The fourth-order valence-electron chi connectivity index (χ4n) is 1.61. The molecule has 22 heavy (non-hydrogen) atoms. The van der Waals surface area contributed by atoms with Crippen LogP contribution in [0.1, 0.15) is 21.7 Å². The zero-order valence-electron chi connectivity index (χ0n) is 12.1. The molecule has 1 heterocycles. The molecule has 0 fully saturated rings. The van der Waals surface area contributed by atoms with Crippen LogP contribution in [0.3, 0.4) is 0 Å². The molecule has 1 aromatic carbocycles. The first kappa shape index (κ1) is 15.4. The molecule has 1 aromatic heterocycles. The molecule has 2 aromatic rings. The molecule has 112 valence electrons. The highest BCUT2D eigenvalue weighted by atomic mass is 16.5. The number of rotatable bonds is 5. The zero-order valence-corrected chi connectivity index (χ0v) is 12.1. The van der Waals surface area contributed by atoms with Gasteiger partial charge < -0.3 is 10.1 Å². The first-order valence-corrected chi connectivity index (χ1v) is 6.56. The maximum atomic E-state index is 11.9. The number of aromatic nitrogens is 2. The van der Waals surface area contributed by atoms with Crippen LogP contribution >= 0.6 is 0 Å². The summed E-state index contributed by atoms with van der Waals surface area (Å²) in [5.74, 6) is -0.107. The molecule has 0 bridgehead atoms. The molecule has 0 aliphatic carbocycles. The van der Waals surface area contributed by atoms with Crippen LogP contribution in [0.15, 0.2) is 49.3 Å². The van der Waals surface area contributed by atoms with Gasteiger partial charge in [0.15, 0.2) is 0 Å². The third-order valence-electron chi connectivity index (χ3n) is 2.78. The van der Waals surface area contributed by atoms with Gasteiger partial charge in [-0.1, -0.05) is 6.58 Å². The van der Waals surface area contributed by atoms with Gasteiger partial charge in [-0.3, -0.25) is 4.79 Å². The molecule has 1 N–H and O–H groups in total. The number of amides is 1. The van der Waals surface area contributed by atoms with E-state index in [1.54, 1.807) is 43.6 Å². The van der Waals surface area contributed by atoms with Gasteiger partial charge in [0.25, 0.3) is 0 Å². The van der Waals surface area contributed by atoms with Crippen molar-refractivity contribution in [2.45, 2.75) is 13.5 Å². The first-order valence-electron chi connectivity index (χ1n) is 6.56. The lowest BCUT2D eigenvalue weighted by Gasteiger charge is -2.06. The van der Waals surface area contributed by atoms with Gasteiger partial charge in [-0.15, -0.1) is 0 Å². The smallest absolute Gasteiger partial charge is 0.338 e. The van der Waals surface area contributed by atoms with Gasteiger partial charge in [0.05, 0.1) is 5.56 Å². The number of benzene rings is 1. The average Bonchev–Trinajstić information content (AvgIpc) is 2.54. The molecule has 0 saturated heterocycles. The van der Waals surface area contributed by atoms with Gasteiger partial charge in [0.2, 0.25) is 5.91 Å². The first-order chi connectivity index (χ1) is 10.6. The molecule has 6 nitrogen and oxygen atoms in total. The van der Waals surface area contributed by atoms with Gasteiger partial charge in [-0.05, 0) is 37.3 Å². The number of carbonyl (C=O) groups is 2. The Hall–Kier alpha value is -3.02. The number of hydrogen-bond acceptors (Lipinski definition) is 5. The number of ether oxygens (including phenoxy) is 1. The van der Waals surface area contributed by atoms with E-state index in [2.05, 4.69) is 21.9 Å². The predicted octanol–water partition coefficient (Wildman–Crippen LogP) is 2.27. The topological polar surface area (TPSA) is 81.2 Å². The van der Waals surface area contributed by atoms with Crippen molar-refractivity contribution in [3.63, 3.8) is 0 Å². The minimum Gasteiger partial charge on any atom is -0.457 e. The molecule has 1 amide bonds. The van der Waals surface area contributed by atoms with E-state index < -0.39 is 5.97 Å². The molecule has 2 rings (SSSR count). The highest BCUT2D eigenvalue weighted by Gasteiger charge is 2.08. The molecule has 0 spiro atoms. The summed E-state index contributed by atoms with van der Waals surface area (Å²) in [7, 11) is 0. The number of esters is 1. The largest absolute Gasteiger partial charge is 0.457 e. The Morgan fingerprint density at radius 2 is 1.86 bits per heavy atom. The number of aryl methyl sites for hydroxylation is 1. The summed E-state index contributed by atoms with van der Waals surface area (Å²) in [6.07, 6.45) is 4.40. The van der Waals surface area contributed by atoms with Crippen molar-refractivity contribution >= 4 is 17.6 Å². The van der Waals surface area contributed by atoms with E-state index in [1.807, 2.05) is 0 Å². The van der Waals surface area contributed by atoms with Crippen molar-refractivity contribution < 1.29 is 14.3 Å². The Morgan fingerprint density at radius 1 is 1.23 bits per heavy atom. The average molecular weight is 297 g/mol. The maximum Gasteiger partial charge on any atom is 0.338 e. The lowest BCUT2D eigenvalue weighted by Crippen LogP contribution is -2.08. The van der Waals surface area contributed by atoms with Crippen molar-refractivity contribution in [3.8, 4) is 0 Å². The summed E-state index contributed by atoms with van der Waals surface area (Å²) in [5.41, 5.74) is 1.69. The van der Waals surface area contributed by atoms with Crippen molar-refractivity contribution in [2.75, 3.05) is 5.32 Å². The second-order valence-corrected chi connectivity index (χ2v) is 4.49. The van der Waals surface area contributed by atoms with Crippen LogP contribution in [-0.2, 0) is 16.1 Å². The van der Waals surface area contributed by atoms with Gasteiger partial charge in [-0.25, -0.2) is 14.8 Å². The van der Waals surface area contributed by atoms with Crippen molar-refractivity contribution in [3.05, 3.63) is 66.3 Å². The molecule has 6 heteroatoms. The minimum absolute atomic E-state index is 0.105. The summed E-state index contributed by atoms with van der Waals surface area (Å²) >= 11 is 0. The Kier molecular flexibility index (Phi) is 4.98. The molecule has 0 aliphatic heterocycles. The summed E-state index contributed by atoms with van der Waals surface area (Å²) in [5, 5.41) is 2.60. The third-order valence-corrected chi connectivity index (χ3v) is 2.78. The number of nitrogens with zero attached hydrogens (tertiary/aromatic N) is 2. The Labute approximate surface area is 127 Å². The summed E-state index contributed by atoms with van der Waals surface area (Å²) < 4.78 is 5.17. The molecular formula is C16H15N3O3. The van der Waals surface area contributed by atoms with Gasteiger partial charge in [0.1, 0.15) is 12.4 Å². The molecule has 0 saturated carbocycles. The van der Waals surface area contributed by atoms with Crippen LogP contribution in [-0.4, -0.2) is 21.8 Å². The van der Waals surface area contributed by atoms with Gasteiger partial charge in [0, 0.05) is 23.6 Å². The third kappa shape index (κ3) is 4.24. The molecular weight excluding hydrogens is 282 g/mol. The lowest BCUT2D eigenvalue weighted by molar-refractivity contribution is -0.111. The summed E-state index contributed by atoms with van der Waals surface area (Å²) in [4.78, 5) is 31.1. The molecule has 0 unspecified atom stereocenters. The van der Waals surface area contributed by atoms with Crippen LogP contribution in [0.25, 0.3) is 0 Å². The van der Waals surface area contributed by atoms with Crippen molar-refractivity contribution in [1.82, 2.24) is 9.97 Å². The van der Waals surface area contributed by atoms with Gasteiger partial charge in [-0.2, -0.15) is 0 Å². The van der Waals surface area contributed by atoms with E-state index in [-0.39, 0.29) is 12.5 Å². The zero-order chi connectivity index (χ0) is 15.9. The predicted molar refractivity (Wildman–Crippen MR) is 81.2 cm³/mol. The Morgan fingerprint density at radius 3 is 2.45 bits per heavy atom. The van der Waals surface area contributed by atoms with E-state index in [4.69, 9.17) is 4.74 Å². The van der Waals surface area contributed by atoms with Crippen LogP contribution in [0.5, 0.6) is 0 Å². The molecule has 0 radical (unpaired) electrons. The van der Waals surface area contributed by atoms with Crippen LogP contribution < -0.4 is 5.32 Å². The van der Waals surface area contributed by atoms with E-state index >= 15 is 0 Å². The number of anilines is 1. The SMILES string of the molecule is C=CC(=O)Nc1ccc(C(=O)OCc2cnc(C)nc2)cc1. The summed E-state index contributed by atoms with van der Waals surface area (Å²) in [6, 6.07) is 6.39. The van der Waals surface area contributed by atoms with E-state index in [0.29, 0.717) is 22.6 Å². The van der Waals surface area contributed by atoms with E-state index in [1.165, 1.54) is 6.08 Å². The minimum atomic E-state index is -0.456. The number of hydrogen-bond donors (Lipinski definition) is 1. The van der Waals surface area contributed by atoms with Crippen molar-refractivity contribution in [1.29, 1.82) is 0 Å². The Balaban J connectivity index is 1.93. The van der Waals surface area contributed by atoms with Gasteiger partial charge >= 0.3 is 5.97 Å². The summed E-state index contributed by atoms with van der Waals surface area (Å²) in [6.45, 7) is 5.25. The van der Waals surface area contributed by atoms with Crippen LogP contribution in [0.2, 0.25) is 0 Å². The fourth-order valence-corrected chi connectivity index (χ4v) is 1.61. The number of carbonyl (C=O) groups excluding carboxylic acids is 2. The lowest BCUT2D eigenvalue weighted by atomic mass is 10.2. The van der Waals surface area contributed by atoms with Crippen molar-refractivity contribution in [2.24, 2.45) is 0 Å². The quantitative estimate of drug-likeness (QED) is 0.676. The monoisotopic (exact) mass is 297 g/mol. The normalized spacial score (nSPS) is 9.86.